The topological polar surface area (TPSA) is 130 Å². The van der Waals surface area contributed by atoms with E-state index in [1.807, 2.05) is 91.0 Å². The Morgan fingerprint density at radius 3 is 2.27 bits per heavy atom. The van der Waals surface area contributed by atoms with Crippen LogP contribution in [0.5, 0.6) is 0 Å². The Morgan fingerprint density at radius 2 is 1.67 bits per heavy atom. The molecule has 2 amide bonds. The summed E-state index contributed by atoms with van der Waals surface area (Å²) in [6.45, 7) is 0.107. The van der Waals surface area contributed by atoms with Crippen LogP contribution in [0, 0.1) is 17.8 Å². The van der Waals surface area contributed by atoms with Crippen LogP contribution in [-0.2, 0) is 27.3 Å². The molecule has 4 atom stereocenters. The number of benzene rings is 3. The maximum absolute atomic E-state index is 13.5. The second-order valence-electron chi connectivity index (χ2n) is 11.0. The lowest BCUT2D eigenvalue weighted by atomic mass is 9.73. The summed E-state index contributed by atoms with van der Waals surface area (Å²) < 4.78 is 1.45. The molecule has 3 heterocycles. The number of tetrazole rings is 1. The molecule has 1 aromatic heterocycles. The van der Waals surface area contributed by atoms with Gasteiger partial charge in [-0.3, -0.25) is 14.4 Å². The molecule has 4 aromatic rings. The average Bonchev–Trinajstić information content (AvgIpc) is 3.51. The summed E-state index contributed by atoms with van der Waals surface area (Å²) in [4.78, 5) is 41.7. The number of hydrogen-bond acceptors (Lipinski definition) is 8. The van der Waals surface area contributed by atoms with Crippen molar-refractivity contribution >= 4 is 41.3 Å². The standard InChI is InChI=1S/C33H30N6O4S2/c1-2-18-39-32(35-36-37-39)44-21-33(31(42)43)20-38-29(41)27(34-25(40)19-22-12-6-3-7-13-22)30(38)45-28(33)26(23-14-8-4-9-15-23)24-16-10-5-11-17-24/h1,3-17,26-28,30H,18-21H2,(H,34,40)(H,42,43)/t27?,28?,30-,33?/m1/s1. The minimum Gasteiger partial charge on any atom is -0.481 e. The number of terminal acetylenes is 1. The highest BCUT2D eigenvalue weighted by molar-refractivity contribution is 8.01. The van der Waals surface area contributed by atoms with Crippen molar-refractivity contribution in [3.63, 3.8) is 0 Å². The molecular weight excluding hydrogens is 609 g/mol. The van der Waals surface area contributed by atoms with Crippen molar-refractivity contribution in [2.75, 3.05) is 12.3 Å². The molecule has 2 aliphatic heterocycles. The largest absolute Gasteiger partial charge is 0.481 e. The number of thioether (sulfide) groups is 2. The molecule has 12 heteroatoms. The average molecular weight is 639 g/mol. The van der Waals surface area contributed by atoms with Gasteiger partial charge in [-0.25, -0.2) is 4.68 Å². The SMILES string of the molecule is C#CCn1nnnc1SCC1(C(=O)O)CN2C(=O)C(NC(=O)Cc3ccccc3)[C@H]2SC1C(c1ccccc1)c1ccccc1. The van der Waals surface area contributed by atoms with Gasteiger partial charge in [-0.15, -0.1) is 23.3 Å². The van der Waals surface area contributed by atoms with Gasteiger partial charge in [-0.2, -0.15) is 0 Å². The van der Waals surface area contributed by atoms with Crippen molar-refractivity contribution < 1.29 is 19.5 Å². The number of carboxylic acids is 1. The molecule has 3 unspecified atom stereocenters. The molecular formula is C33H30N6O4S2. The zero-order chi connectivity index (χ0) is 31.4. The molecule has 2 N–H and O–H groups in total. The van der Waals surface area contributed by atoms with Gasteiger partial charge in [0.25, 0.3) is 0 Å². The van der Waals surface area contributed by atoms with Crippen molar-refractivity contribution in [2.24, 2.45) is 5.41 Å². The van der Waals surface area contributed by atoms with Gasteiger partial charge in [-0.1, -0.05) is 109 Å². The second kappa shape index (κ2) is 13.2. The van der Waals surface area contributed by atoms with Gasteiger partial charge in [0.15, 0.2) is 0 Å². The highest BCUT2D eigenvalue weighted by Gasteiger charge is 2.63. The van der Waals surface area contributed by atoms with Crippen LogP contribution in [0.2, 0.25) is 0 Å². The lowest BCUT2D eigenvalue weighted by Crippen LogP contribution is -2.75. The summed E-state index contributed by atoms with van der Waals surface area (Å²) in [5.74, 6) is 0.681. The van der Waals surface area contributed by atoms with Crippen molar-refractivity contribution in [2.45, 2.75) is 40.7 Å². The van der Waals surface area contributed by atoms with E-state index in [1.54, 1.807) is 4.90 Å². The highest BCUT2D eigenvalue weighted by Crippen LogP contribution is 2.55. The van der Waals surface area contributed by atoms with E-state index in [4.69, 9.17) is 6.42 Å². The molecule has 0 bridgehead atoms. The monoisotopic (exact) mass is 638 g/mol. The first-order valence-electron chi connectivity index (χ1n) is 14.4. The van der Waals surface area contributed by atoms with E-state index >= 15 is 0 Å². The minimum absolute atomic E-state index is 0.0333. The van der Waals surface area contributed by atoms with Crippen LogP contribution in [0.1, 0.15) is 22.6 Å². The molecule has 6 rings (SSSR count). The molecule has 3 aromatic carbocycles. The second-order valence-corrected chi connectivity index (χ2v) is 13.2. The fourth-order valence-electron chi connectivity index (χ4n) is 5.97. The Morgan fingerprint density at radius 1 is 1.04 bits per heavy atom. The lowest BCUT2D eigenvalue weighted by Gasteiger charge is -2.58. The summed E-state index contributed by atoms with van der Waals surface area (Å²) in [6, 6.07) is 28.2. The summed E-state index contributed by atoms with van der Waals surface area (Å²) >= 11 is 2.64. The molecule has 10 nitrogen and oxygen atoms in total. The predicted octanol–water partition coefficient (Wildman–Crippen LogP) is 3.31. The third kappa shape index (κ3) is 6.06. The number of nitrogens with one attached hydrogen (secondary N) is 1. The quantitative estimate of drug-likeness (QED) is 0.144. The lowest BCUT2D eigenvalue weighted by molar-refractivity contribution is -0.159. The van der Waals surface area contributed by atoms with Crippen molar-refractivity contribution in [3.8, 4) is 12.3 Å². The highest BCUT2D eigenvalue weighted by atomic mass is 32.2. The molecule has 228 valence electrons. The van der Waals surface area contributed by atoms with Crippen LogP contribution in [0.4, 0.5) is 0 Å². The Labute approximate surface area is 269 Å². The predicted molar refractivity (Wildman–Crippen MR) is 171 cm³/mol. The molecule has 2 fully saturated rings. The first-order valence-corrected chi connectivity index (χ1v) is 16.3. The smallest absolute Gasteiger partial charge is 0.313 e. The van der Waals surface area contributed by atoms with Crippen LogP contribution in [0.25, 0.3) is 0 Å². The Balaban J connectivity index is 1.37. The Kier molecular flexibility index (Phi) is 8.91. The number of β-lactam (4-membered cyclic amide) rings is 1. The van der Waals surface area contributed by atoms with Gasteiger partial charge < -0.3 is 15.3 Å². The van der Waals surface area contributed by atoms with E-state index < -0.39 is 28.0 Å². The summed E-state index contributed by atoms with van der Waals surface area (Å²) in [7, 11) is 0. The maximum Gasteiger partial charge on any atom is 0.313 e. The molecule has 0 spiro atoms. The molecule has 0 radical (unpaired) electrons. The van der Waals surface area contributed by atoms with E-state index in [2.05, 4.69) is 26.8 Å². The first kappa shape index (κ1) is 30.4. The van der Waals surface area contributed by atoms with Crippen LogP contribution < -0.4 is 5.32 Å². The van der Waals surface area contributed by atoms with Crippen LogP contribution in [0.3, 0.4) is 0 Å². The zero-order valence-electron chi connectivity index (χ0n) is 24.1. The minimum atomic E-state index is -1.41. The Hall–Kier alpha value is -4.60. The molecule has 0 aliphatic carbocycles. The number of carbonyl (C=O) groups excluding carboxylic acids is 2. The number of nitrogens with zero attached hydrogens (tertiary/aromatic N) is 5. The van der Waals surface area contributed by atoms with Gasteiger partial charge in [0.2, 0.25) is 17.0 Å². The van der Waals surface area contributed by atoms with Gasteiger partial charge in [-0.05, 0) is 27.1 Å². The summed E-state index contributed by atoms with van der Waals surface area (Å²) in [5.41, 5.74) is 1.34. The number of rotatable bonds is 11. The van der Waals surface area contributed by atoms with E-state index in [9.17, 15) is 19.5 Å². The van der Waals surface area contributed by atoms with Gasteiger partial charge >= 0.3 is 5.97 Å². The molecule has 0 saturated carbocycles. The van der Waals surface area contributed by atoms with Gasteiger partial charge in [0.1, 0.15) is 23.4 Å². The zero-order valence-corrected chi connectivity index (χ0v) is 25.7. The van der Waals surface area contributed by atoms with Crippen LogP contribution in [-0.4, -0.2) is 77.0 Å². The van der Waals surface area contributed by atoms with Gasteiger partial charge in [0.05, 0.1) is 6.42 Å². The number of carboxylic acid groups (broad SMARTS) is 1. The third-order valence-corrected chi connectivity index (χ3v) is 11.2. The number of aromatic nitrogens is 4. The molecule has 2 aliphatic rings. The molecule has 45 heavy (non-hydrogen) atoms. The fraction of sp³-hybridized carbons (Fsp3) is 0.273. The Bertz CT molecular complexity index is 1680. The van der Waals surface area contributed by atoms with E-state index in [0.29, 0.717) is 5.16 Å². The van der Waals surface area contributed by atoms with Crippen molar-refractivity contribution in [3.05, 3.63) is 108 Å². The number of amides is 2. The van der Waals surface area contributed by atoms with E-state index in [-0.39, 0.29) is 43.0 Å². The number of carbonyl (C=O) groups is 3. The van der Waals surface area contributed by atoms with Crippen LogP contribution >= 0.6 is 23.5 Å². The van der Waals surface area contributed by atoms with E-state index in [0.717, 1.165) is 16.7 Å². The van der Waals surface area contributed by atoms with Crippen LogP contribution in [0.15, 0.2) is 96.2 Å². The first-order chi connectivity index (χ1) is 21.9. The van der Waals surface area contributed by atoms with Crippen molar-refractivity contribution in [1.29, 1.82) is 0 Å². The third-order valence-electron chi connectivity index (χ3n) is 8.19. The number of fused-ring (bicyclic) bond motifs is 1. The normalized spacial score (nSPS) is 22.3. The number of hydrogen-bond donors (Lipinski definition) is 2. The van der Waals surface area contributed by atoms with E-state index in [1.165, 1.54) is 28.2 Å². The number of aliphatic carboxylic acids is 1. The van der Waals surface area contributed by atoms with Gasteiger partial charge in [0, 0.05) is 23.5 Å². The summed E-state index contributed by atoms with van der Waals surface area (Å²) in [6.07, 6.45) is 5.64. The fourth-order valence-corrected chi connectivity index (χ4v) is 9.16. The van der Waals surface area contributed by atoms with Crippen molar-refractivity contribution in [1.82, 2.24) is 30.4 Å². The summed E-state index contributed by atoms with van der Waals surface area (Å²) in [5, 5.41) is 25.2. The maximum atomic E-state index is 13.5. The molecule has 2 saturated heterocycles.